The van der Waals surface area contributed by atoms with Crippen molar-refractivity contribution in [3.8, 4) is 0 Å². The summed E-state index contributed by atoms with van der Waals surface area (Å²) in [5.41, 5.74) is 2.75. The lowest BCUT2D eigenvalue weighted by atomic mass is 9.97. The molecule has 0 spiro atoms. The normalized spacial score (nSPS) is 23.0. The fourth-order valence-corrected chi connectivity index (χ4v) is 4.43. The van der Waals surface area contributed by atoms with E-state index in [2.05, 4.69) is 110 Å². The third kappa shape index (κ3) is 4.23. The van der Waals surface area contributed by atoms with E-state index in [1.54, 1.807) is 0 Å². The topological polar surface area (TPSA) is 6.48 Å². The predicted octanol–water partition coefficient (Wildman–Crippen LogP) is 5.97. The van der Waals surface area contributed by atoms with Gasteiger partial charge in [0.05, 0.1) is 6.67 Å². The third-order valence-corrected chi connectivity index (χ3v) is 6.00. The van der Waals surface area contributed by atoms with Gasteiger partial charge in [-0.2, -0.15) is 0 Å². The van der Waals surface area contributed by atoms with Crippen molar-refractivity contribution in [2.24, 2.45) is 0 Å². The van der Waals surface area contributed by atoms with Crippen LogP contribution in [0.15, 0.2) is 86.0 Å². The molecule has 2 aromatic rings. The van der Waals surface area contributed by atoms with Gasteiger partial charge in [0.2, 0.25) is 0 Å². The summed E-state index contributed by atoms with van der Waals surface area (Å²) in [5, 5.41) is 0. The second kappa shape index (κ2) is 9.16. The zero-order chi connectivity index (χ0) is 19.2. The Hall–Kier alpha value is -2.16. The molecule has 0 radical (unpaired) electrons. The van der Waals surface area contributed by atoms with Gasteiger partial charge in [-0.15, -0.1) is 13.2 Å². The van der Waals surface area contributed by atoms with E-state index in [4.69, 9.17) is 0 Å². The van der Waals surface area contributed by atoms with Gasteiger partial charge in [0.1, 0.15) is 0 Å². The van der Waals surface area contributed by atoms with Gasteiger partial charge in [-0.25, -0.2) is 0 Å². The van der Waals surface area contributed by atoms with Gasteiger partial charge in [0.25, 0.3) is 0 Å². The van der Waals surface area contributed by atoms with Crippen molar-refractivity contribution in [1.29, 1.82) is 0 Å². The molecule has 1 aliphatic rings. The first-order valence-corrected chi connectivity index (χ1v) is 10.0. The number of benzene rings is 2. The maximum absolute atomic E-state index is 4.04. The van der Waals surface area contributed by atoms with Crippen LogP contribution in [0.2, 0.25) is 0 Å². The second-order valence-corrected chi connectivity index (χ2v) is 7.53. The van der Waals surface area contributed by atoms with Gasteiger partial charge in [-0.05, 0) is 37.8 Å². The molecule has 0 amide bonds. The maximum Gasteiger partial charge on any atom is 0.0524 e. The van der Waals surface area contributed by atoms with Gasteiger partial charge < -0.3 is 0 Å². The van der Waals surface area contributed by atoms with Crippen molar-refractivity contribution in [2.75, 3.05) is 6.67 Å². The first kappa shape index (κ1) is 19.6. The Labute approximate surface area is 164 Å². The Bertz CT molecular complexity index is 661. The molecular weight excluding hydrogens is 328 g/mol. The van der Waals surface area contributed by atoms with E-state index in [-0.39, 0.29) is 0 Å². The average molecular weight is 361 g/mol. The van der Waals surface area contributed by atoms with Crippen molar-refractivity contribution in [2.45, 2.75) is 50.9 Å². The Morgan fingerprint density at radius 1 is 0.778 bits per heavy atom. The molecule has 27 heavy (non-hydrogen) atoms. The quantitative estimate of drug-likeness (QED) is 0.535. The third-order valence-electron chi connectivity index (χ3n) is 6.00. The van der Waals surface area contributed by atoms with Crippen LogP contribution in [-0.4, -0.2) is 28.6 Å². The maximum atomic E-state index is 4.04. The minimum absolute atomic E-state index is 0.372. The van der Waals surface area contributed by atoms with Gasteiger partial charge in [-0.1, -0.05) is 72.8 Å². The van der Waals surface area contributed by atoms with Crippen LogP contribution in [-0.2, 0) is 0 Å². The van der Waals surface area contributed by atoms with Crippen LogP contribution in [0.25, 0.3) is 0 Å². The number of rotatable bonds is 8. The highest BCUT2D eigenvalue weighted by atomic mass is 15.4. The summed E-state index contributed by atoms with van der Waals surface area (Å²) in [4.78, 5) is 5.29. The number of hydrogen-bond donors (Lipinski definition) is 0. The molecule has 142 valence electrons. The summed E-state index contributed by atoms with van der Waals surface area (Å²) in [5.74, 6) is 0. The zero-order valence-corrected chi connectivity index (χ0v) is 16.7. The number of hydrogen-bond acceptors (Lipinski definition) is 2. The summed E-state index contributed by atoms with van der Waals surface area (Å²) < 4.78 is 0. The van der Waals surface area contributed by atoms with E-state index >= 15 is 0 Å². The molecule has 2 aromatic carbocycles. The highest BCUT2D eigenvalue weighted by molar-refractivity contribution is 5.22. The van der Waals surface area contributed by atoms with Gasteiger partial charge in [0.15, 0.2) is 0 Å². The minimum Gasteiger partial charge on any atom is -0.279 e. The van der Waals surface area contributed by atoms with E-state index < -0.39 is 0 Å². The van der Waals surface area contributed by atoms with E-state index in [1.165, 1.54) is 11.1 Å². The molecule has 2 heteroatoms. The molecule has 1 saturated heterocycles. The van der Waals surface area contributed by atoms with E-state index in [0.717, 1.165) is 19.5 Å². The van der Waals surface area contributed by atoms with Crippen molar-refractivity contribution in [3.05, 3.63) is 97.1 Å². The smallest absolute Gasteiger partial charge is 0.0524 e. The summed E-state index contributed by atoms with van der Waals surface area (Å²) in [6.07, 6.45) is 6.13. The molecule has 1 fully saturated rings. The predicted molar refractivity (Wildman–Crippen MR) is 115 cm³/mol. The van der Waals surface area contributed by atoms with Crippen molar-refractivity contribution in [3.63, 3.8) is 0 Å². The Morgan fingerprint density at radius 3 is 1.48 bits per heavy atom. The minimum atomic E-state index is 0.372. The lowest BCUT2D eigenvalue weighted by Gasteiger charge is -2.32. The molecule has 4 atom stereocenters. The monoisotopic (exact) mass is 360 g/mol. The van der Waals surface area contributed by atoms with Crippen LogP contribution in [0.5, 0.6) is 0 Å². The molecule has 0 bridgehead atoms. The van der Waals surface area contributed by atoms with Crippen LogP contribution in [0.4, 0.5) is 0 Å². The summed E-state index contributed by atoms with van der Waals surface area (Å²) >= 11 is 0. The number of nitrogens with zero attached hydrogens (tertiary/aromatic N) is 2. The molecule has 2 nitrogen and oxygen atoms in total. The van der Waals surface area contributed by atoms with Crippen LogP contribution in [0.3, 0.4) is 0 Å². The summed E-state index contributed by atoms with van der Waals surface area (Å²) in [6.45, 7) is 13.7. The summed E-state index contributed by atoms with van der Waals surface area (Å²) in [7, 11) is 0. The molecule has 3 rings (SSSR count). The molecular formula is C25H32N2. The fourth-order valence-electron chi connectivity index (χ4n) is 4.43. The second-order valence-electron chi connectivity index (χ2n) is 7.53. The molecule has 0 unspecified atom stereocenters. The standard InChI is InChI=1S/C25H32N2/c1-5-13-24-25(14-6-2)27(21(4)23-17-11-8-12-18-23)19-26(24)20(3)22-15-9-7-10-16-22/h5-12,15-18,20-21,24-25H,1-2,13-14,19H2,3-4H3/t20-,21-,24+,25+/m0/s1. The molecule has 1 heterocycles. The van der Waals surface area contributed by atoms with E-state index in [9.17, 15) is 0 Å². The Balaban J connectivity index is 1.92. The summed E-state index contributed by atoms with van der Waals surface area (Å²) in [6, 6.07) is 23.3. The molecule has 0 N–H and O–H groups in total. The molecule has 0 aliphatic carbocycles. The SMILES string of the molecule is C=CC[C@@H]1[C@@H](CC=C)N([C@@H](C)c2ccccc2)CN1[C@@H](C)c1ccccc1. The van der Waals surface area contributed by atoms with E-state index in [1.807, 2.05) is 0 Å². The van der Waals surface area contributed by atoms with E-state index in [0.29, 0.717) is 24.2 Å². The highest BCUT2D eigenvalue weighted by Crippen LogP contribution is 2.38. The zero-order valence-electron chi connectivity index (χ0n) is 16.7. The first-order chi connectivity index (χ1) is 13.2. The van der Waals surface area contributed by atoms with Crippen LogP contribution in [0.1, 0.15) is 49.9 Å². The van der Waals surface area contributed by atoms with Gasteiger partial charge in [0, 0.05) is 24.2 Å². The Kier molecular flexibility index (Phi) is 6.65. The molecule has 0 aromatic heterocycles. The highest BCUT2D eigenvalue weighted by Gasteiger charge is 2.42. The molecule has 0 saturated carbocycles. The lowest BCUT2D eigenvalue weighted by molar-refractivity contribution is 0.149. The van der Waals surface area contributed by atoms with Crippen LogP contribution in [0, 0.1) is 0 Å². The molecule has 1 aliphatic heterocycles. The largest absolute Gasteiger partial charge is 0.279 e. The van der Waals surface area contributed by atoms with Crippen molar-refractivity contribution < 1.29 is 0 Å². The van der Waals surface area contributed by atoms with Crippen LogP contribution >= 0.6 is 0 Å². The average Bonchev–Trinajstić information content (AvgIpc) is 3.07. The fraction of sp³-hybridized carbons (Fsp3) is 0.360. The van der Waals surface area contributed by atoms with Crippen molar-refractivity contribution >= 4 is 0 Å². The van der Waals surface area contributed by atoms with Gasteiger partial charge >= 0.3 is 0 Å². The van der Waals surface area contributed by atoms with Crippen LogP contribution < -0.4 is 0 Å². The van der Waals surface area contributed by atoms with Crippen molar-refractivity contribution in [1.82, 2.24) is 9.80 Å². The Morgan fingerprint density at radius 2 is 1.15 bits per heavy atom. The lowest BCUT2D eigenvalue weighted by Crippen LogP contribution is -2.38. The first-order valence-electron chi connectivity index (χ1n) is 10.0. The van der Waals surface area contributed by atoms with Gasteiger partial charge in [-0.3, -0.25) is 9.80 Å².